The van der Waals surface area contributed by atoms with Gasteiger partial charge in [-0.2, -0.15) is 0 Å². The molecule has 2 atom stereocenters. The molecule has 2 N–H and O–H groups in total. The fourth-order valence-corrected chi connectivity index (χ4v) is 3.33. The van der Waals surface area contributed by atoms with Gasteiger partial charge in [0.1, 0.15) is 18.5 Å². The highest BCUT2D eigenvalue weighted by molar-refractivity contribution is 5.94. The molecule has 1 amide bonds. The van der Waals surface area contributed by atoms with Crippen LogP contribution >= 0.6 is 0 Å². The Morgan fingerprint density at radius 3 is 2.93 bits per heavy atom. The molecule has 1 aromatic rings. The third kappa shape index (κ3) is 5.64. The minimum absolute atomic E-state index is 0.0197. The molecule has 1 aromatic carbocycles. The van der Waals surface area contributed by atoms with Crippen LogP contribution in [0.3, 0.4) is 0 Å². The van der Waals surface area contributed by atoms with Gasteiger partial charge in [0.15, 0.2) is 5.96 Å². The summed E-state index contributed by atoms with van der Waals surface area (Å²) >= 11 is 0. The molecule has 2 aliphatic heterocycles. The molecule has 2 unspecified atom stereocenters. The van der Waals surface area contributed by atoms with Crippen LogP contribution in [0, 0.1) is 5.82 Å². The van der Waals surface area contributed by atoms with Crippen LogP contribution in [0.2, 0.25) is 0 Å². The maximum absolute atomic E-state index is 13.2. The molecule has 0 aliphatic carbocycles. The summed E-state index contributed by atoms with van der Waals surface area (Å²) < 4.78 is 24.8. The zero-order chi connectivity index (χ0) is 19.1. The van der Waals surface area contributed by atoms with Crippen molar-refractivity contribution in [2.45, 2.75) is 32.0 Å². The summed E-state index contributed by atoms with van der Waals surface area (Å²) in [6.07, 6.45) is 2.24. The standard InChI is InChI=1S/C19H27FN4O3/c1-2-21-19(22-12-18(25)23-15-6-3-5-14(20)11-15)24-8-10-27-17(13-24)16-7-4-9-26-16/h3,5-6,11,16-17H,2,4,7-10,12-13H2,1H3,(H,21,22)(H,23,25). The molecule has 3 rings (SSSR count). The smallest absolute Gasteiger partial charge is 0.246 e. The van der Waals surface area contributed by atoms with Gasteiger partial charge in [0, 0.05) is 31.9 Å². The van der Waals surface area contributed by atoms with E-state index >= 15 is 0 Å². The molecule has 2 aliphatic rings. The molecule has 0 saturated carbocycles. The van der Waals surface area contributed by atoms with Crippen molar-refractivity contribution in [2.75, 3.05) is 44.7 Å². The topological polar surface area (TPSA) is 75.2 Å². The molecular formula is C19H27FN4O3. The number of carbonyl (C=O) groups is 1. The summed E-state index contributed by atoms with van der Waals surface area (Å²) in [4.78, 5) is 18.7. The van der Waals surface area contributed by atoms with Crippen LogP contribution in [0.15, 0.2) is 29.3 Å². The largest absolute Gasteiger partial charge is 0.375 e. The number of aliphatic imine (C=N–C) groups is 1. The molecule has 27 heavy (non-hydrogen) atoms. The lowest BCUT2D eigenvalue weighted by molar-refractivity contribution is -0.114. The minimum atomic E-state index is -0.391. The lowest BCUT2D eigenvalue weighted by Gasteiger charge is -2.37. The molecule has 7 nitrogen and oxygen atoms in total. The van der Waals surface area contributed by atoms with Crippen molar-refractivity contribution < 1.29 is 18.7 Å². The number of benzene rings is 1. The number of hydrogen-bond donors (Lipinski definition) is 2. The van der Waals surface area contributed by atoms with E-state index in [1.165, 1.54) is 12.1 Å². The second kappa shape index (κ2) is 9.66. The Morgan fingerprint density at radius 1 is 1.33 bits per heavy atom. The first kappa shape index (κ1) is 19.6. The highest BCUT2D eigenvalue weighted by atomic mass is 19.1. The number of guanidine groups is 1. The van der Waals surface area contributed by atoms with Gasteiger partial charge in [-0.1, -0.05) is 6.07 Å². The minimum Gasteiger partial charge on any atom is -0.375 e. The van der Waals surface area contributed by atoms with Gasteiger partial charge < -0.3 is 25.0 Å². The van der Waals surface area contributed by atoms with Gasteiger partial charge in [0.05, 0.1) is 12.7 Å². The van der Waals surface area contributed by atoms with Crippen molar-refractivity contribution in [3.8, 4) is 0 Å². The summed E-state index contributed by atoms with van der Waals surface area (Å²) in [5, 5.41) is 5.89. The van der Waals surface area contributed by atoms with Gasteiger partial charge >= 0.3 is 0 Å². The average Bonchev–Trinajstić information content (AvgIpc) is 3.20. The van der Waals surface area contributed by atoms with Crippen molar-refractivity contribution in [1.82, 2.24) is 10.2 Å². The third-order valence-corrected chi connectivity index (χ3v) is 4.59. The molecule has 8 heteroatoms. The summed E-state index contributed by atoms with van der Waals surface area (Å²) in [6, 6.07) is 5.81. The molecule has 0 spiro atoms. The Balaban J connectivity index is 1.58. The van der Waals surface area contributed by atoms with Crippen molar-refractivity contribution in [3.63, 3.8) is 0 Å². The quantitative estimate of drug-likeness (QED) is 0.601. The predicted octanol–water partition coefficient (Wildman–Crippen LogP) is 1.61. The van der Waals surface area contributed by atoms with Crippen LogP contribution < -0.4 is 10.6 Å². The molecule has 0 aromatic heterocycles. The summed E-state index contributed by atoms with van der Waals surface area (Å²) in [6.45, 7) is 5.43. The maximum atomic E-state index is 13.2. The van der Waals surface area contributed by atoms with Gasteiger partial charge in [0.2, 0.25) is 5.91 Å². The normalized spacial score (nSPS) is 23.3. The van der Waals surface area contributed by atoms with Gasteiger partial charge in [-0.25, -0.2) is 9.38 Å². The molecule has 0 radical (unpaired) electrons. The molecule has 148 valence electrons. The summed E-state index contributed by atoms with van der Waals surface area (Å²) in [5.41, 5.74) is 0.421. The van der Waals surface area contributed by atoms with Crippen molar-refractivity contribution >= 4 is 17.6 Å². The average molecular weight is 378 g/mol. The van der Waals surface area contributed by atoms with Gasteiger partial charge in [-0.05, 0) is 38.0 Å². The van der Waals surface area contributed by atoms with E-state index in [0.717, 1.165) is 19.4 Å². The Labute approximate surface area is 158 Å². The molecule has 2 heterocycles. The van der Waals surface area contributed by atoms with Crippen LogP contribution in [-0.2, 0) is 14.3 Å². The highest BCUT2D eigenvalue weighted by Gasteiger charge is 2.32. The number of rotatable bonds is 5. The van der Waals surface area contributed by atoms with E-state index < -0.39 is 5.82 Å². The van der Waals surface area contributed by atoms with Crippen molar-refractivity contribution in [2.24, 2.45) is 4.99 Å². The molecule has 2 fully saturated rings. The van der Waals surface area contributed by atoms with Crippen molar-refractivity contribution in [3.05, 3.63) is 30.1 Å². The van der Waals surface area contributed by atoms with E-state index in [1.807, 2.05) is 6.92 Å². The lowest BCUT2D eigenvalue weighted by atomic mass is 10.1. The fraction of sp³-hybridized carbons (Fsp3) is 0.579. The predicted molar refractivity (Wildman–Crippen MR) is 101 cm³/mol. The maximum Gasteiger partial charge on any atom is 0.246 e. The van der Waals surface area contributed by atoms with E-state index in [1.54, 1.807) is 12.1 Å². The second-order valence-electron chi connectivity index (χ2n) is 6.64. The SMILES string of the molecule is CCNC(=NCC(=O)Nc1cccc(F)c1)N1CCOC(C2CCCO2)C1. The number of anilines is 1. The first-order valence-corrected chi connectivity index (χ1v) is 9.47. The summed E-state index contributed by atoms with van der Waals surface area (Å²) in [5.74, 6) is -0.00346. The van der Waals surface area contributed by atoms with Crippen LogP contribution in [0.5, 0.6) is 0 Å². The van der Waals surface area contributed by atoms with Crippen LogP contribution in [0.4, 0.5) is 10.1 Å². The molecular weight excluding hydrogens is 351 g/mol. The fourth-order valence-electron chi connectivity index (χ4n) is 3.33. The Morgan fingerprint density at radius 2 is 2.19 bits per heavy atom. The summed E-state index contributed by atoms with van der Waals surface area (Å²) in [7, 11) is 0. The third-order valence-electron chi connectivity index (χ3n) is 4.59. The first-order valence-electron chi connectivity index (χ1n) is 9.47. The Hall–Kier alpha value is -2.19. The van der Waals surface area contributed by atoms with Crippen molar-refractivity contribution in [1.29, 1.82) is 0 Å². The van der Waals surface area contributed by atoms with Crippen LogP contribution in [0.1, 0.15) is 19.8 Å². The molecule has 0 bridgehead atoms. The Kier molecular flexibility index (Phi) is 7.00. The van der Waals surface area contributed by atoms with E-state index in [2.05, 4.69) is 20.5 Å². The Bertz CT molecular complexity index is 664. The highest BCUT2D eigenvalue weighted by Crippen LogP contribution is 2.21. The monoisotopic (exact) mass is 378 g/mol. The van der Waals surface area contributed by atoms with E-state index in [9.17, 15) is 9.18 Å². The zero-order valence-electron chi connectivity index (χ0n) is 15.6. The number of morpholine rings is 1. The van der Waals surface area contributed by atoms with Gasteiger partial charge in [0.25, 0.3) is 0 Å². The first-order chi connectivity index (χ1) is 13.2. The second-order valence-corrected chi connectivity index (χ2v) is 6.64. The van der Waals surface area contributed by atoms with E-state index in [4.69, 9.17) is 9.47 Å². The number of nitrogens with one attached hydrogen (secondary N) is 2. The number of amides is 1. The number of hydrogen-bond acceptors (Lipinski definition) is 4. The molecule has 2 saturated heterocycles. The number of nitrogens with zero attached hydrogens (tertiary/aromatic N) is 2. The van der Waals surface area contributed by atoms with Crippen LogP contribution in [0.25, 0.3) is 0 Å². The number of carbonyl (C=O) groups excluding carboxylic acids is 1. The van der Waals surface area contributed by atoms with Gasteiger partial charge in [-0.3, -0.25) is 4.79 Å². The lowest BCUT2D eigenvalue weighted by Crippen LogP contribution is -2.53. The zero-order valence-corrected chi connectivity index (χ0v) is 15.6. The van der Waals surface area contributed by atoms with E-state index in [0.29, 0.717) is 37.9 Å². The number of ether oxygens (including phenoxy) is 2. The van der Waals surface area contributed by atoms with Crippen LogP contribution in [-0.4, -0.2) is 68.4 Å². The van der Waals surface area contributed by atoms with E-state index in [-0.39, 0.29) is 24.7 Å². The van der Waals surface area contributed by atoms with Gasteiger partial charge in [-0.15, -0.1) is 0 Å². The number of halogens is 1.